The Kier molecular flexibility index (Phi) is 6.62. The summed E-state index contributed by atoms with van der Waals surface area (Å²) in [7, 11) is 1.58. The monoisotopic (exact) mass is 477 g/mol. The molecule has 1 N–H and O–H groups in total. The molecule has 182 valence electrons. The Morgan fingerprint density at radius 3 is 2.80 bits per heavy atom. The van der Waals surface area contributed by atoms with Crippen molar-refractivity contribution in [1.29, 1.82) is 0 Å². The lowest BCUT2D eigenvalue weighted by atomic mass is 10.2. The first-order valence-corrected chi connectivity index (χ1v) is 11.5. The number of amides is 1. The number of morpholine rings is 1. The van der Waals surface area contributed by atoms with Gasteiger partial charge >= 0.3 is 0 Å². The number of pyridine rings is 1. The Bertz CT molecular complexity index is 1350. The van der Waals surface area contributed by atoms with Crippen molar-refractivity contribution < 1.29 is 23.7 Å². The topological polar surface area (TPSA) is 112 Å². The summed E-state index contributed by atoms with van der Waals surface area (Å²) in [5, 5.41) is 1.64. The molecule has 3 aromatic heterocycles. The number of aromatic amines is 1. The zero-order chi connectivity index (χ0) is 24.2. The molecule has 0 aliphatic carbocycles. The van der Waals surface area contributed by atoms with E-state index in [0.717, 1.165) is 16.7 Å². The number of benzene rings is 1. The first kappa shape index (κ1) is 22.9. The van der Waals surface area contributed by atoms with Crippen LogP contribution in [0, 0.1) is 6.92 Å². The van der Waals surface area contributed by atoms with E-state index in [0.29, 0.717) is 79.8 Å². The van der Waals surface area contributed by atoms with Gasteiger partial charge in [0, 0.05) is 36.7 Å². The quantitative estimate of drug-likeness (QED) is 0.383. The summed E-state index contributed by atoms with van der Waals surface area (Å²) in [4.78, 5) is 30.4. The predicted octanol–water partition coefficient (Wildman–Crippen LogP) is 3.63. The smallest absolute Gasteiger partial charge is 0.230 e. The van der Waals surface area contributed by atoms with Gasteiger partial charge in [-0.3, -0.25) is 4.79 Å². The van der Waals surface area contributed by atoms with Crippen molar-refractivity contribution in [1.82, 2.24) is 24.8 Å². The van der Waals surface area contributed by atoms with E-state index in [1.54, 1.807) is 25.4 Å². The van der Waals surface area contributed by atoms with Crippen molar-refractivity contribution in [3.63, 3.8) is 0 Å². The fraction of sp³-hybridized carbons (Fsp3) is 0.360. The van der Waals surface area contributed by atoms with Gasteiger partial charge in [0.1, 0.15) is 17.7 Å². The van der Waals surface area contributed by atoms with E-state index in [1.165, 1.54) is 6.33 Å². The third kappa shape index (κ3) is 5.12. The number of H-pyrrole nitrogens is 1. The zero-order valence-electron chi connectivity index (χ0n) is 19.7. The number of hydrogen-bond donors (Lipinski definition) is 1. The Balaban J connectivity index is 1.29. The maximum Gasteiger partial charge on any atom is 0.230 e. The molecule has 0 spiro atoms. The number of carbonyl (C=O) groups excluding carboxylic acids is 1. The minimum absolute atomic E-state index is 0.124. The van der Waals surface area contributed by atoms with Gasteiger partial charge in [0.2, 0.25) is 11.8 Å². The van der Waals surface area contributed by atoms with Crippen LogP contribution in [-0.4, -0.2) is 70.8 Å². The maximum atomic E-state index is 12.3. The summed E-state index contributed by atoms with van der Waals surface area (Å²) in [5.74, 6) is 2.17. The summed E-state index contributed by atoms with van der Waals surface area (Å²) < 4.78 is 22.9. The first-order valence-electron chi connectivity index (χ1n) is 11.5. The molecule has 1 fully saturated rings. The highest BCUT2D eigenvalue weighted by atomic mass is 16.5. The lowest BCUT2D eigenvalue weighted by Crippen LogP contribution is -2.40. The Hall–Kier alpha value is -3.92. The minimum atomic E-state index is 0.124. The van der Waals surface area contributed by atoms with Gasteiger partial charge in [-0.15, -0.1) is 0 Å². The molecule has 0 atom stereocenters. The second kappa shape index (κ2) is 10.1. The van der Waals surface area contributed by atoms with Crippen molar-refractivity contribution in [2.45, 2.75) is 19.8 Å². The van der Waals surface area contributed by atoms with Gasteiger partial charge in [-0.05, 0) is 31.5 Å². The average Bonchev–Trinajstić information content (AvgIpc) is 3.26. The molecule has 10 heteroatoms. The van der Waals surface area contributed by atoms with Crippen LogP contribution in [-0.2, 0) is 9.53 Å². The summed E-state index contributed by atoms with van der Waals surface area (Å²) in [6.07, 6.45) is 4.12. The van der Waals surface area contributed by atoms with Crippen LogP contribution in [0.1, 0.15) is 18.5 Å². The van der Waals surface area contributed by atoms with Crippen molar-refractivity contribution in [3.05, 3.63) is 42.5 Å². The van der Waals surface area contributed by atoms with E-state index in [9.17, 15) is 4.79 Å². The van der Waals surface area contributed by atoms with Crippen LogP contribution in [0.5, 0.6) is 23.1 Å². The number of fused-ring (bicyclic) bond motifs is 2. The van der Waals surface area contributed by atoms with Gasteiger partial charge in [0.25, 0.3) is 0 Å². The summed E-state index contributed by atoms with van der Waals surface area (Å²) in [5.41, 5.74) is 2.49. The fourth-order valence-electron chi connectivity index (χ4n) is 4.07. The second-order valence-corrected chi connectivity index (χ2v) is 8.31. The highest BCUT2D eigenvalue weighted by Crippen LogP contribution is 2.36. The molecule has 4 heterocycles. The minimum Gasteiger partial charge on any atom is -0.493 e. The molecule has 0 bridgehead atoms. The van der Waals surface area contributed by atoms with E-state index in [4.69, 9.17) is 18.9 Å². The second-order valence-electron chi connectivity index (χ2n) is 8.31. The van der Waals surface area contributed by atoms with Crippen LogP contribution >= 0.6 is 0 Å². The summed E-state index contributed by atoms with van der Waals surface area (Å²) >= 11 is 0. The van der Waals surface area contributed by atoms with E-state index in [2.05, 4.69) is 19.9 Å². The van der Waals surface area contributed by atoms with Crippen LogP contribution in [0.25, 0.3) is 21.9 Å². The molecule has 35 heavy (non-hydrogen) atoms. The number of ether oxygens (including phenoxy) is 4. The number of hydrogen-bond acceptors (Lipinski definition) is 8. The molecular formula is C25H27N5O5. The van der Waals surface area contributed by atoms with E-state index in [-0.39, 0.29) is 5.91 Å². The number of rotatable bonds is 8. The normalized spacial score (nSPS) is 13.8. The molecule has 1 aliphatic rings. The molecule has 1 aliphatic heterocycles. The highest BCUT2D eigenvalue weighted by Gasteiger charge is 2.17. The molecule has 1 amide bonds. The number of nitrogens with one attached hydrogen (secondary N) is 1. The standard InChI is InChI=1S/C25H27N5O5/c1-16-10-17-11-18(14-26-24(17)29-16)35-25-19-12-21(32-2)22(13-20(19)27-15-28-25)34-7-3-4-23(31)30-5-8-33-9-6-30/h10-15H,3-9H2,1-2H3,(H,26,29). The number of aromatic nitrogens is 4. The average molecular weight is 478 g/mol. The van der Waals surface area contributed by atoms with Crippen molar-refractivity contribution in [2.24, 2.45) is 0 Å². The van der Waals surface area contributed by atoms with E-state index < -0.39 is 0 Å². The SMILES string of the molecule is COc1cc2c(Oc3cnc4[nH]c(C)cc4c3)ncnc2cc1OCCCC(=O)N1CCOCC1. The number of carbonyl (C=O) groups is 1. The lowest BCUT2D eigenvalue weighted by molar-refractivity contribution is -0.135. The fourth-order valence-corrected chi connectivity index (χ4v) is 4.07. The van der Waals surface area contributed by atoms with Crippen molar-refractivity contribution in [3.8, 4) is 23.1 Å². The summed E-state index contributed by atoms with van der Waals surface area (Å²) in [6.45, 7) is 4.86. The number of nitrogens with zero attached hydrogens (tertiary/aromatic N) is 4. The van der Waals surface area contributed by atoms with Crippen LogP contribution in [0.4, 0.5) is 0 Å². The molecule has 0 unspecified atom stereocenters. The molecule has 4 aromatic rings. The van der Waals surface area contributed by atoms with Gasteiger partial charge in [-0.2, -0.15) is 0 Å². The lowest BCUT2D eigenvalue weighted by Gasteiger charge is -2.26. The highest BCUT2D eigenvalue weighted by molar-refractivity contribution is 5.87. The molecule has 10 nitrogen and oxygen atoms in total. The number of aryl methyl sites for hydroxylation is 1. The Morgan fingerprint density at radius 1 is 1.11 bits per heavy atom. The van der Waals surface area contributed by atoms with Crippen molar-refractivity contribution >= 4 is 27.8 Å². The van der Waals surface area contributed by atoms with Crippen LogP contribution in [0.3, 0.4) is 0 Å². The molecule has 0 radical (unpaired) electrons. The molecule has 1 saturated heterocycles. The van der Waals surface area contributed by atoms with Gasteiger partial charge in [-0.1, -0.05) is 0 Å². The van der Waals surface area contributed by atoms with E-state index in [1.807, 2.05) is 24.0 Å². The molecule has 1 aromatic carbocycles. The summed E-state index contributed by atoms with van der Waals surface area (Å²) in [6, 6.07) is 7.51. The zero-order valence-corrected chi connectivity index (χ0v) is 19.7. The van der Waals surface area contributed by atoms with Crippen LogP contribution in [0.15, 0.2) is 36.8 Å². The van der Waals surface area contributed by atoms with Gasteiger partial charge < -0.3 is 28.8 Å². The molecule has 0 saturated carbocycles. The van der Waals surface area contributed by atoms with Crippen molar-refractivity contribution in [2.75, 3.05) is 40.0 Å². The number of methoxy groups -OCH3 is 1. The molecule has 5 rings (SSSR count). The predicted molar refractivity (Wildman–Crippen MR) is 129 cm³/mol. The maximum absolute atomic E-state index is 12.3. The van der Waals surface area contributed by atoms with Crippen LogP contribution in [0.2, 0.25) is 0 Å². The third-order valence-corrected chi connectivity index (χ3v) is 5.83. The van der Waals surface area contributed by atoms with E-state index >= 15 is 0 Å². The molecular weight excluding hydrogens is 450 g/mol. The Morgan fingerprint density at radius 2 is 1.97 bits per heavy atom. The van der Waals surface area contributed by atoms with Gasteiger partial charge in [0.05, 0.1) is 44.0 Å². The van der Waals surface area contributed by atoms with Crippen LogP contribution < -0.4 is 14.2 Å². The third-order valence-electron chi connectivity index (χ3n) is 5.83. The van der Waals surface area contributed by atoms with Gasteiger partial charge in [-0.25, -0.2) is 15.0 Å². The van der Waals surface area contributed by atoms with Gasteiger partial charge in [0.15, 0.2) is 11.5 Å². The Labute approximate surface area is 202 Å². The first-order chi connectivity index (χ1) is 17.1. The largest absolute Gasteiger partial charge is 0.493 e.